The number of fused-ring (bicyclic) bond motifs is 2. The van der Waals surface area contributed by atoms with E-state index in [1.54, 1.807) is 0 Å². The topological polar surface area (TPSA) is 12.0 Å². The molecule has 17 heavy (non-hydrogen) atoms. The van der Waals surface area contributed by atoms with Gasteiger partial charge in [0.2, 0.25) is 0 Å². The lowest BCUT2D eigenvalue weighted by atomic mass is 10.0. The Balaban J connectivity index is 2.03. The largest absolute Gasteiger partial charge is 0.354 e. The molecule has 0 atom stereocenters. The summed E-state index contributed by atoms with van der Waals surface area (Å²) in [4.78, 5) is 2.64. The molecule has 0 aromatic heterocycles. The van der Waals surface area contributed by atoms with Crippen molar-refractivity contribution in [2.45, 2.75) is 29.6 Å². The van der Waals surface area contributed by atoms with Crippen molar-refractivity contribution in [2.75, 3.05) is 5.32 Å². The Hall–Kier alpha value is -1.41. The first-order valence-corrected chi connectivity index (χ1v) is 6.73. The lowest BCUT2D eigenvalue weighted by molar-refractivity contribution is 0.862. The molecule has 1 aliphatic rings. The van der Waals surface area contributed by atoms with E-state index in [4.69, 9.17) is 0 Å². The third-order valence-corrected chi connectivity index (χ3v) is 4.18. The zero-order valence-electron chi connectivity index (χ0n) is 10.0. The van der Waals surface area contributed by atoms with Crippen LogP contribution in [0.4, 0.5) is 11.4 Å². The van der Waals surface area contributed by atoms with Gasteiger partial charge in [0.1, 0.15) is 0 Å². The second-order valence-corrected chi connectivity index (χ2v) is 5.72. The molecule has 1 nitrogen and oxygen atoms in total. The highest BCUT2D eigenvalue weighted by Gasteiger charge is 2.15. The van der Waals surface area contributed by atoms with Gasteiger partial charge in [0, 0.05) is 9.79 Å². The summed E-state index contributed by atoms with van der Waals surface area (Å²) >= 11 is 1.85. The van der Waals surface area contributed by atoms with Gasteiger partial charge < -0.3 is 5.32 Å². The van der Waals surface area contributed by atoms with E-state index >= 15 is 0 Å². The van der Waals surface area contributed by atoms with Crippen LogP contribution in [0, 0.1) is 0 Å². The van der Waals surface area contributed by atoms with Crippen LogP contribution in [0.5, 0.6) is 0 Å². The summed E-state index contributed by atoms with van der Waals surface area (Å²) in [5.41, 5.74) is 3.83. The van der Waals surface area contributed by atoms with Gasteiger partial charge in [-0.1, -0.05) is 43.8 Å². The highest BCUT2D eigenvalue weighted by atomic mass is 32.2. The Kier molecular flexibility index (Phi) is 2.60. The third-order valence-electron chi connectivity index (χ3n) is 3.05. The Morgan fingerprint density at radius 2 is 1.71 bits per heavy atom. The van der Waals surface area contributed by atoms with E-state index in [9.17, 15) is 0 Å². The monoisotopic (exact) mass is 241 g/mol. The molecule has 2 heteroatoms. The van der Waals surface area contributed by atoms with Crippen LogP contribution in [0.15, 0.2) is 52.3 Å². The first-order valence-electron chi connectivity index (χ1n) is 5.92. The molecule has 0 bridgehead atoms. The average molecular weight is 241 g/mol. The summed E-state index contributed by atoms with van der Waals surface area (Å²) < 4.78 is 0. The maximum absolute atomic E-state index is 3.49. The second-order valence-electron chi connectivity index (χ2n) is 4.63. The number of rotatable bonds is 1. The number of para-hydroxylation sites is 1. The van der Waals surface area contributed by atoms with Crippen molar-refractivity contribution >= 4 is 23.1 Å². The molecule has 2 aromatic rings. The molecule has 1 aliphatic heterocycles. The van der Waals surface area contributed by atoms with E-state index in [2.05, 4.69) is 61.6 Å². The molecular weight excluding hydrogens is 226 g/mol. The molecular formula is C15H15NS. The maximum Gasteiger partial charge on any atom is 0.0526 e. The van der Waals surface area contributed by atoms with E-state index in [0.29, 0.717) is 5.92 Å². The van der Waals surface area contributed by atoms with Gasteiger partial charge in [0.25, 0.3) is 0 Å². The second kappa shape index (κ2) is 4.11. The average Bonchev–Trinajstić information content (AvgIpc) is 2.35. The predicted octanol–water partition coefficient (Wildman–Crippen LogP) is 5.02. The van der Waals surface area contributed by atoms with E-state index < -0.39 is 0 Å². The minimum Gasteiger partial charge on any atom is -0.354 e. The molecule has 0 amide bonds. The summed E-state index contributed by atoms with van der Waals surface area (Å²) in [7, 11) is 0. The van der Waals surface area contributed by atoms with Gasteiger partial charge in [-0.05, 0) is 35.7 Å². The van der Waals surface area contributed by atoms with Gasteiger partial charge in [-0.25, -0.2) is 0 Å². The lowest BCUT2D eigenvalue weighted by Gasteiger charge is -2.21. The van der Waals surface area contributed by atoms with Gasteiger partial charge in [-0.15, -0.1) is 0 Å². The molecule has 0 radical (unpaired) electrons. The maximum atomic E-state index is 3.49. The van der Waals surface area contributed by atoms with E-state index in [1.165, 1.54) is 26.7 Å². The van der Waals surface area contributed by atoms with Crippen molar-refractivity contribution in [2.24, 2.45) is 0 Å². The van der Waals surface area contributed by atoms with Crippen LogP contribution in [0.2, 0.25) is 0 Å². The van der Waals surface area contributed by atoms with E-state index in [1.807, 2.05) is 11.8 Å². The molecule has 2 aromatic carbocycles. The van der Waals surface area contributed by atoms with Crippen LogP contribution >= 0.6 is 11.8 Å². The number of hydrogen-bond acceptors (Lipinski definition) is 2. The van der Waals surface area contributed by atoms with Gasteiger partial charge in [0.15, 0.2) is 0 Å². The van der Waals surface area contributed by atoms with E-state index in [-0.39, 0.29) is 0 Å². The fourth-order valence-electron chi connectivity index (χ4n) is 2.01. The van der Waals surface area contributed by atoms with Crippen LogP contribution in [0.1, 0.15) is 25.3 Å². The minimum atomic E-state index is 0.582. The third kappa shape index (κ3) is 1.93. The number of anilines is 2. The smallest absolute Gasteiger partial charge is 0.0526 e. The quantitative estimate of drug-likeness (QED) is 0.642. The molecule has 0 saturated heterocycles. The fraction of sp³-hybridized carbons (Fsp3) is 0.200. The standard InChI is InChI=1S/C15H15NS/c1-10(2)11-7-8-13-15(9-11)17-14-6-4-3-5-12(14)16-13/h3-10,16H,1-2H3. The minimum absolute atomic E-state index is 0.582. The number of hydrogen-bond donors (Lipinski definition) is 1. The normalized spacial score (nSPS) is 12.9. The Morgan fingerprint density at radius 1 is 0.941 bits per heavy atom. The lowest BCUT2D eigenvalue weighted by Crippen LogP contribution is -2.00. The molecule has 0 fully saturated rings. The summed E-state index contributed by atoms with van der Waals surface area (Å²) in [6.45, 7) is 4.47. The summed E-state index contributed by atoms with van der Waals surface area (Å²) in [6, 6.07) is 15.1. The highest BCUT2D eigenvalue weighted by molar-refractivity contribution is 7.99. The predicted molar refractivity (Wildman–Crippen MR) is 74.4 cm³/mol. The molecule has 86 valence electrons. The number of nitrogens with one attached hydrogen (secondary N) is 1. The van der Waals surface area contributed by atoms with Crippen molar-refractivity contribution < 1.29 is 0 Å². The first kappa shape index (κ1) is 10.7. The Bertz CT molecular complexity index is 561. The van der Waals surface area contributed by atoms with Crippen LogP contribution in [-0.2, 0) is 0 Å². The molecule has 0 spiro atoms. The molecule has 3 rings (SSSR count). The molecule has 1 N–H and O–H groups in total. The Morgan fingerprint density at radius 3 is 2.53 bits per heavy atom. The van der Waals surface area contributed by atoms with Crippen molar-refractivity contribution in [3.8, 4) is 0 Å². The van der Waals surface area contributed by atoms with Crippen molar-refractivity contribution in [1.29, 1.82) is 0 Å². The molecule has 0 aliphatic carbocycles. The first-order chi connectivity index (χ1) is 8.24. The Labute approximate surface area is 106 Å². The number of benzene rings is 2. The molecule has 1 heterocycles. The van der Waals surface area contributed by atoms with Gasteiger partial charge >= 0.3 is 0 Å². The molecule has 0 saturated carbocycles. The van der Waals surface area contributed by atoms with Gasteiger partial charge in [-0.2, -0.15) is 0 Å². The SMILES string of the molecule is CC(C)c1ccc2c(c1)Sc1ccccc1N2. The van der Waals surface area contributed by atoms with Crippen LogP contribution in [0.3, 0.4) is 0 Å². The zero-order chi connectivity index (χ0) is 11.8. The summed E-state index contributed by atoms with van der Waals surface area (Å²) in [5.74, 6) is 0.582. The van der Waals surface area contributed by atoms with E-state index in [0.717, 1.165) is 0 Å². The molecule has 0 unspecified atom stereocenters. The van der Waals surface area contributed by atoms with Crippen molar-refractivity contribution in [3.05, 3.63) is 48.0 Å². The van der Waals surface area contributed by atoms with Crippen molar-refractivity contribution in [3.63, 3.8) is 0 Å². The van der Waals surface area contributed by atoms with Crippen molar-refractivity contribution in [1.82, 2.24) is 0 Å². The fourth-order valence-corrected chi connectivity index (χ4v) is 3.04. The summed E-state index contributed by atoms with van der Waals surface area (Å²) in [6.07, 6.45) is 0. The van der Waals surface area contributed by atoms with Crippen LogP contribution in [0.25, 0.3) is 0 Å². The van der Waals surface area contributed by atoms with Gasteiger partial charge in [-0.3, -0.25) is 0 Å². The summed E-state index contributed by atoms with van der Waals surface area (Å²) in [5, 5.41) is 3.49. The highest BCUT2D eigenvalue weighted by Crippen LogP contribution is 2.44. The van der Waals surface area contributed by atoms with Gasteiger partial charge in [0.05, 0.1) is 11.4 Å². The van der Waals surface area contributed by atoms with Crippen LogP contribution in [-0.4, -0.2) is 0 Å². The zero-order valence-corrected chi connectivity index (χ0v) is 10.8. The van der Waals surface area contributed by atoms with Crippen LogP contribution < -0.4 is 5.32 Å².